The van der Waals surface area contributed by atoms with E-state index in [9.17, 15) is 4.79 Å². The number of rotatable bonds is 1. The van der Waals surface area contributed by atoms with E-state index in [1.54, 1.807) is 23.1 Å². The molecule has 0 radical (unpaired) electrons. The summed E-state index contributed by atoms with van der Waals surface area (Å²) in [5, 5.41) is 16.3. The Kier molecular flexibility index (Phi) is 2.69. The van der Waals surface area contributed by atoms with Gasteiger partial charge >= 0.3 is 0 Å². The monoisotopic (exact) mass is 250 g/mol. The number of nitrogens with zero attached hydrogens (tertiary/aromatic N) is 4. The maximum atomic E-state index is 12.4. The number of nitriles is 1. The Morgan fingerprint density at radius 1 is 1.32 bits per heavy atom. The minimum Gasteiger partial charge on any atom is -0.308 e. The molecule has 1 aliphatic heterocycles. The van der Waals surface area contributed by atoms with Crippen LogP contribution in [0.2, 0.25) is 0 Å². The fourth-order valence-electron chi connectivity index (χ4n) is 2.23. The molecule has 0 aliphatic carbocycles. The molecule has 92 valence electrons. The van der Waals surface area contributed by atoms with Gasteiger partial charge in [0.1, 0.15) is 0 Å². The van der Waals surface area contributed by atoms with Crippen molar-refractivity contribution in [2.24, 2.45) is 0 Å². The number of hydrogen-bond acceptors (Lipinski definition) is 4. The Balaban J connectivity index is 1.99. The highest BCUT2D eigenvalue weighted by molar-refractivity contribution is 6.07. The van der Waals surface area contributed by atoms with Gasteiger partial charge in [0.05, 0.1) is 29.6 Å². The molecule has 1 amide bonds. The number of anilines is 1. The second-order valence-electron chi connectivity index (χ2n) is 4.29. The lowest BCUT2D eigenvalue weighted by atomic mass is 10.1. The fourth-order valence-corrected chi connectivity index (χ4v) is 2.23. The molecule has 1 aromatic heterocycles. The summed E-state index contributed by atoms with van der Waals surface area (Å²) in [6.07, 6.45) is 3.76. The lowest BCUT2D eigenvalue weighted by Crippen LogP contribution is -2.29. The van der Waals surface area contributed by atoms with Gasteiger partial charge in [-0.25, -0.2) is 0 Å². The van der Waals surface area contributed by atoms with E-state index in [1.165, 1.54) is 12.4 Å². The zero-order valence-electron chi connectivity index (χ0n) is 10.1. The predicted molar refractivity (Wildman–Crippen MR) is 68.6 cm³/mol. The van der Waals surface area contributed by atoms with Gasteiger partial charge in [-0.1, -0.05) is 6.07 Å². The van der Waals surface area contributed by atoms with E-state index in [0.717, 1.165) is 17.7 Å². The van der Waals surface area contributed by atoms with Crippen molar-refractivity contribution in [3.05, 3.63) is 53.3 Å². The minimum absolute atomic E-state index is 0.108. The lowest BCUT2D eigenvalue weighted by molar-refractivity contribution is 0.0989. The van der Waals surface area contributed by atoms with Gasteiger partial charge in [0.25, 0.3) is 5.91 Å². The van der Waals surface area contributed by atoms with E-state index in [4.69, 9.17) is 5.26 Å². The molecule has 0 bridgehead atoms. The quantitative estimate of drug-likeness (QED) is 0.770. The Morgan fingerprint density at radius 3 is 2.95 bits per heavy atom. The van der Waals surface area contributed by atoms with Gasteiger partial charge in [-0.05, 0) is 30.2 Å². The van der Waals surface area contributed by atoms with E-state index >= 15 is 0 Å². The van der Waals surface area contributed by atoms with Crippen molar-refractivity contribution >= 4 is 11.6 Å². The molecule has 1 aliphatic rings. The summed E-state index contributed by atoms with van der Waals surface area (Å²) in [5.74, 6) is -0.108. The van der Waals surface area contributed by atoms with E-state index in [1.807, 2.05) is 6.07 Å². The summed E-state index contributed by atoms with van der Waals surface area (Å²) in [5.41, 5.74) is 2.98. The third kappa shape index (κ3) is 1.93. The van der Waals surface area contributed by atoms with Crippen molar-refractivity contribution in [1.29, 1.82) is 5.26 Å². The zero-order valence-corrected chi connectivity index (χ0v) is 10.1. The van der Waals surface area contributed by atoms with Crippen LogP contribution in [-0.4, -0.2) is 22.6 Å². The molecular formula is C14H10N4O. The second-order valence-corrected chi connectivity index (χ2v) is 4.29. The summed E-state index contributed by atoms with van der Waals surface area (Å²) >= 11 is 0. The SMILES string of the molecule is N#Cc1ccc2c(c1)N(C(=O)c1ccnnc1)CC2. The van der Waals surface area contributed by atoms with Crippen LogP contribution < -0.4 is 4.90 Å². The second kappa shape index (κ2) is 4.50. The summed E-state index contributed by atoms with van der Waals surface area (Å²) in [4.78, 5) is 14.1. The Morgan fingerprint density at radius 2 is 2.21 bits per heavy atom. The number of carbonyl (C=O) groups excluding carboxylic acids is 1. The molecule has 2 aromatic rings. The number of fused-ring (bicyclic) bond motifs is 1. The fraction of sp³-hybridized carbons (Fsp3) is 0.143. The first-order chi connectivity index (χ1) is 9.29. The van der Waals surface area contributed by atoms with Crippen LogP contribution in [0.15, 0.2) is 36.7 Å². The molecule has 0 saturated heterocycles. The van der Waals surface area contributed by atoms with Gasteiger partial charge in [-0.2, -0.15) is 15.5 Å². The number of benzene rings is 1. The van der Waals surface area contributed by atoms with E-state index < -0.39 is 0 Å². The van der Waals surface area contributed by atoms with Crippen LogP contribution >= 0.6 is 0 Å². The molecule has 2 heterocycles. The van der Waals surface area contributed by atoms with Crippen molar-refractivity contribution in [2.75, 3.05) is 11.4 Å². The molecule has 0 unspecified atom stereocenters. The predicted octanol–water partition coefficient (Wildman–Crippen LogP) is 1.55. The highest BCUT2D eigenvalue weighted by Gasteiger charge is 2.25. The van der Waals surface area contributed by atoms with Crippen LogP contribution in [0, 0.1) is 11.3 Å². The van der Waals surface area contributed by atoms with Gasteiger partial charge in [-0.15, -0.1) is 0 Å². The van der Waals surface area contributed by atoms with Crippen molar-refractivity contribution in [3.63, 3.8) is 0 Å². The average Bonchev–Trinajstić information content (AvgIpc) is 2.90. The molecule has 1 aromatic carbocycles. The van der Waals surface area contributed by atoms with Crippen LogP contribution in [0.4, 0.5) is 5.69 Å². The summed E-state index contributed by atoms with van der Waals surface area (Å²) < 4.78 is 0. The van der Waals surface area contributed by atoms with E-state index in [0.29, 0.717) is 17.7 Å². The number of amides is 1. The first-order valence-electron chi connectivity index (χ1n) is 5.91. The number of aromatic nitrogens is 2. The average molecular weight is 250 g/mol. The Hall–Kier alpha value is -2.74. The topological polar surface area (TPSA) is 69.9 Å². The maximum absolute atomic E-state index is 12.4. The van der Waals surface area contributed by atoms with Crippen LogP contribution in [0.25, 0.3) is 0 Å². The van der Waals surface area contributed by atoms with Crippen LogP contribution in [0.1, 0.15) is 21.5 Å². The molecule has 0 fully saturated rings. The largest absolute Gasteiger partial charge is 0.308 e. The molecule has 0 saturated carbocycles. The summed E-state index contributed by atoms with van der Waals surface area (Å²) in [6.45, 7) is 0.630. The van der Waals surface area contributed by atoms with Crippen LogP contribution in [0.5, 0.6) is 0 Å². The number of hydrogen-bond donors (Lipinski definition) is 0. The van der Waals surface area contributed by atoms with Gasteiger partial charge in [0.2, 0.25) is 0 Å². The van der Waals surface area contributed by atoms with E-state index in [2.05, 4.69) is 16.3 Å². The summed E-state index contributed by atoms with van der Waals surface area (Å²) in [6, 6.07) is 9.18. The van der Waals surface area contributed by atoms with Gasteiger partial charge in [0, 0.05) is 12.2 Å². The molecule has 5 nitrogen and oxygen atoms in total. The summed E-state index contributed by atoms with van der Waals surface area (Å²) in [7, 11) is 0. The van der Waals surface area contributed by atoms with Gasteiger partial charge < -0.3 is 4.90 Å². The van der Waals surface area contributed by atoms with Crippen molar-refractivity contribution < 1.29 is 4.79 Å². The minimum atomic E-state index is -0.108. The van der Waals surface area contributed by atoms with Crippen LogP contribution in [-0.2, 0) is 6.42 Å². The first kappa shape index (κ1) is 11.4. The Labute approximate surface area is 110 Å². The third-order valence-corrected chi connectivity index (χ3v) is 3.19. The lowest BCUT2D eigenvalue weighted by Gasteiger charge is -2.17. The molecule has 3 rings (SSSR count). The standard InChI is InChI=1S/C14H10N4O/c15-8-10-1-2-11-4-6-18(13(11)7-10)14(19)12-3-5-16-17-9-12/h1-3,5,7,9H,4,6H2. The van der Waals surface area contributed by atoms with E-state index in [-0.39, 0.29) is 5.91 Å². The Bertz CT molecular complexity index is 676. The zero-order chi connectivity index (χ0) is 13.2. The van der Waals surface area contributed by atoms with Crippen molar-refractivity contribution in [1.82, 2.24) is 10.2 Å². The number of carbonyl (C=O) groups is 1. The maximum Gasteiger partial charge on any atom is 0.259 e. The normalized spacial score (nSPS) is 12.9. The molecular weight excluding hydrogens is 240 g/mol. The first-order valence-corrected chi connectivity index (χ1v) is 5.91. The molecule has 0 atom stereocenters. The van der Waals surface area contributed by atoms with Crippen LogP contribution in [0.3, 0.4) is 0 Å². The van der Waals surface area contributed by atoms with Gasteiger partial charge in [0.15, 0.2) is 0 Å². The van der Waals surface area contributed by atoms with Gasteiger partial charge in [-0.3, -0.25) is 4.79 Å². The highest BCUT2D eigenvalue weighted by Crippen LogP contribution is 2.30. The molecule has 0 N–H and O–H groups in total. The molecule has 19 heavy (non-hydrogen) atoms. The third-order valence-electron chi connectivity index (χ3n) is 3.19. The molecule has 0 spiro atoms. The van der Waals surface area contributed by atoms with Crippen molar-refractivity contribution in [2.45, 2.75) is 6.42 Å². The highest BCUT2D eigenvalue weighted by atomic mass is 16.2. The smallest absolute Gasteiger partial charge is 0.259 e. The van der Waals surface area contributed by atoms with Crippen molar-refractivity contribution in [3.8, 4) is 6.07 Å². The molecule has 5 heteroatoms.